The molecule has 0 amide bonds. The van der Waals surface area contributed by atoms with Gasteiger partial charge in [0.15, 0.2) is 0 Å². The molecule has 0 aromatic heterocycles. The van der Waals surface area contributed by atoms with E-state index in [1.165, 1.54) is 17.1 Å². The average molecular weight is 311 g/mol. The van der Waals surface area contributed by atoms with E-state index >= 15 is 0 Å². The fourth-order valence-electron chi connectivity index (χ4n) is 2.70. The van der Waals surface area contributed by atoms with Gasteiger partial charge in [0.25, 0.3) is 0 Å². The monoisotopic (exact) mass is 311 g/mol. The molecule has 0 bridgehead atoms. The third kappa shape index (κ3) is 3.56. The highest BCUT2D eigenvalue weighted by Crippen LogP contribution is 2.24. The second-order valence-electron chi connectivity index (χ2n) is 5.84. The highest BCUT2D eigenvalue weighted by atomic mass is 32.2. The summed E-state index contributed by atoms with van der Waals surface area (Å²) in [6.45, 7) is 7.16. The van der Waals surface area contributed by atoms with Crippen LogP contribution in [0.5, 0.6) is 0 Å². The number of hydrogen-bond donors (Lipinski definition) is 1. The van der Waals surface area contributed by atoms with Gasteiger partial charge in [-0.15, -0.1) is 0 Å². The van der Waals surface area contributed by atoms with Crippen molar-refractivity contribution in [2.75, 3.05) is 39.0 Å². The number of nitrogens with two attached hydrogens (primary N) is 1. The molecule has 0 atom stereocenters. The number of anilines is 1. The summed E-state index contributed by atoms with van der Waals surface area (Å²) in [7, 11) is -1.84. The summed E-state index contributed by atoms with van der Waals surface area (Å²) in [5, 5.41) is 0. The van der Waals surface area contributed by atoms with E-state index in [0.717, 1.165) is 30.8 Å². The van der Waals surface area contributed by atoms with Crippen LogP contribution in [0.15, 0.2) is 17.0 Å². The van der Waals surface area contributed by atoms with Crippen LogP contribution in [0.25, 0.3) is 0 Å². The highest BCUT2D eigenvalue weighted by molar-refractivity contribution is 7.89. The minimum Gasteiger partial charge on any atom is -0.399 e. The number of likely N-dealkylation sites (N-methyl/N-ethyl adjacent to an activating group) is 1. The Balaban J connectivity index is 2.16. The molecular weight excluding hydrogens is 286 g/mol. The molecular formula is C15H25N3O2S. The van der Waals surface area contributed by atoms with Crippen molar-refractivity contribution in [1.29, 1.82) is 0 Å². The first kappa shape index (κ1) is 16.3. The van der Waals surface area contributed by atoms with E-state index in [2.05, 4.69) is 4.90 Å². The Hall–Kier alpha value is -1.11. The molecule has 6 heteroatoms. The van der Waals surface area contributed by atoms with Crippen molar-refractivity contribution < 1.29 is 8.42 Å². The lowest BCUT2D eigenvalue weighted by atomic mass is 10.1. The minimum atomic E-state index is -3.48. The van der Waals surface area contributed by atoms with Crippen LogP contribution in [0.2, 0.25) is 0 Å². The summed E-state index contributed by atoms with van der Waals surface area (Å²) in [6.07, 6.45) is 2.42. The van der Waals surface area contributed by atoms with Gasteiger partial charge in [0.1, 0.15) is 0 Å². The number of nitrogens with zero attached hydrogens (tertiary/aromatic N) is 2. The highest BCUT2D eigenvalue weighted by Gasteiger charge is 2.24. The summed E-state index contributed by atoms with van der Waals surface area (Å²) in [5.41, 5.74) is 7.98. The van der Waals surface area contributed by atoms with Crippen molar-refractivity contribution in [3.05, 3.63) is 23.3 Å². The van der Waals surface area contributed by atoms with Crippen LogP contribution >= 0.6 is 0 Å². The molecule has 1 aromatic carbocycles. The van der Waals surface area contributed by atoms with Crippen molar-refractivity contribution >= 4 is 15.7 Å². The third-order valence-corrected chi connectivity index (χ3v) is 6.24. The van der Waals surface area contributed by atoms with Crippen molar-refractivity contribution in [2.45, 2.75) is 31.6 Å². The maximum absolute atomic E-state index is 12.7. The van der Waals surface area contributed by atoms with Gasteiger partial charge in [0.05, 0.1) is 4.90 Å². The van der Waals surface area contributed by atoms with Gasteiger partial charge in [0, 0.05) is 25.8 Å². The van der Waals surface area contributed by atoms with E-state index in [1.807, 2.05) is 13.8 Å². The van der Waals surface area contributed by atoms with Gasteiger partial charge in [-0.1, -0.05) is 0 Å². The van der Waals surface area contributed by atoms with Crippen molar-refractivity contribution in [1.82, 2.24) is 9.21 Å². The number of hydrogen-bond acceptors (Lipinski definition) is 4. The SMILES string of the molecule is Cc1cc(N)cc(S(=O)(=O)N(C)CCN2CCCC2)c1C. The van der Waals surface area contributed by atoms with E-state index in [9.17, 15) is 8.42 Å². The van der Waals surface area contributed by atoms with E-state index in [-0.39, 0.29) is 0 Å². The first-order valence-electron chi connectivity index (χ1n) is 7.38. The summed E-state index contributed by atoms with van der Waals surface area (Å²) in [4.78, 5) is 2.63. The van der Waals surface area contributed by atoms with Gasteiger partial charge in [0.2, 0.25) is 10.0 Å². The first-order valence-corrected chi connectivity index (χ1v) is 8.82. The van der Waals surface area contributed by atoms with E-state index < -0.39 is 10.0 Å². The van der Waals surface area contributed by atoms with Crippen LogP contribution in [0, 0.1) is 13.8 Å². The smallest absolute Gasteiger partial charge is 0.243 e. The Morgan fingerprint density at radius 1 is 1.24 bits per heavy atom. The lowest BCUT2D eigenvalue weighted by Gasteiger charge is -2.22. The molecule has 21 heavy (non-hydrogen) atoms. The zero-order valence-electron chi connectivity index (χ0n) is 13.1. The lowest BCUT2D eigenvalue weighted by Crippen LogP contribution is -2.35. The number of aryl methyl sites for hydroxylation is 1. The molecule has 1 fully saturated rings. The molecule has 5 nitrogen and oxygen atoms in total. The molecule has 0 saturated carbocycles. The number of likely N-dealkylation sites (tertiary alicyclic amines) is 1. The Morgan fingerprint density at radius 2 is 1.86 bits per heavy atom. The average Bonchev–Trinajstić information content (AvgIpc) is 2.93. The predicted molar refractivity (Wildman–Crippen MR) is 85.8 cm³/mol. The fraction of sp³-hybridized carbons (Fsp3) is 0.600. The van der Waals surface area contributed by atoms with Crippen LogP contribution in [0.3, 0.4) is 0 Å². The summed E-state index contributed by atoms with van der Waals surface area (Å²) < 4.78 is 26.9. The van der Waals surface area contributed by atoms with Gasteiger partial charge in [-0.25, -0.2) is 8.42 Å². The van der Waals surface area contributed by atoms with Gasteiger partial charge < -0.3 is 10.6 Å². The van der Waals surface area contributed by atoms with E-state index in [0.29, 0.717) is 17.1 Å². The largest absolute Gasteiger partial charge is 0.399 e. The number of sulfonamides is 1. The van der Waals surface area contributed by atoms with Gasteiger partial charge >= 0.3 is 0 Å². The van der Waals surface area contributed by atoms with E-state index in [1.54, 1.807) is 19.2 Å². The molecule has 2 rings (SSSR count). The van der Waals surface area contributed by atoms with Gasteiger partial charge in [-0.05, 0) is 63.0 Å². The molecule has 0 unspecified atom stereocenters. The fourth-order valence-corrected chi connectivity index (χ4v) is 4.19. The Labute approximate surface area is 127 Å². The minimum absolute atomic E-state index is 0.323. The normalized spacial score (nSPS) is 16.8. The molecule has 0 radical (unpaired) electrons. The summed E-state index contributed by atoms with van der Waals surface area (Å²) >= 11 is 0. The van der Waals surface area contributed by atoms with Crippen LogP contribution in [-0.4, -0.2) is 50.8 Å². The molecule has 1 heterocycles. The zero-order valence-corrected chi connectivity index (χ0v) is 13.9. The molecule has 1 aromatic rings. The molecule has 1 aliphatic heterocycles. The first-order chi connectivity index (χ1) is 9.82. The van der Waals surface area contributed by atoms with E-state index in [4.69, 9.17) is 5.73 Å². The molecule has 0 spiro atoms. The predicted octanol–water partition coefficient (Wildman–Crippen LogP) is 1.60. The molecule has 2 N–H and O–H groups in total. The number of nitrogen functional groups attached to an aromatic ring is 1. The second-order valence-corrected chi connectivity index (χ2v) is 7.85. The summed E-state index contributed by atoms with van der Waals surface area (Å²) in [6, 6.07) is 3.36. The molecule has 0 aliphatic carbocycles. The van der Waals surface area contributed by atoms with Crippen LogP contribution in [0.1, 0.15) is 24.0 Å². The van der Waals surface area contributed by atoms with Gasteiger partial charge in [-0.2, -0.15) is 4.31 Å². The maximum atomic E-state index is 12.7. The topological polar surface area (TPSA) is 66.6 Å². The van der Waals surface area contributed by atoms with Crippen molar-refractivity contribution in [3.63, 3.8) is 0 Å². The molecule has 1 aliphatic rings. The van der Waals surface area contributed by atoms with Crippen LogP contribution in [-0.2, 0) is 10.0 Å². The Kier molecular flexibility index (Phi) is 4.91. The molecule has 118 valence electrons. The Bertz CT molecular complexity index is 608. The number of benzene rings is 1. The maximum Gasteiger partial charge on any atom is 0.243 e. The lowest BCUT2D eigenvalue weighted by molar-refractivity contribution is 0.310. The van der Waals surface area contributed by atoms with Crippen LogP contribution in [0.4, 0.5) is 5.69 Å². The third-order valence-electron chi connectivity index (χ3n) is 4.26. The molecule has 1 saturated heterocycles. The quantitative estimate of drug-likeness (QED) is 0.839. The second kappa shape index (κ2) is 6.34. The van der Waals surface area contributed by atoms with Crippen molar-refractivity contribution in [3.8, 4) is 0 Å². The number of rotatable bonds is 5. The van der Waals surface area contributed by atoms with Crippen molar-refractivity contribution in [2.24, 2.45) is 0 Å². The zero-order chi connectivity index (χ0) is 15.6. The Morgan fingerprint density at radius 3 is 2.48 bits per heavy atom. The summed E-state index contributed by atoms with van der Waals surface area (Å²) in [5.74, 6) is 0. The van der Waals surface area contributed by atoms with Gasteiger partial charge in [-0.3, -0.25) is 0 Å². The van der Waals surface area contributed by atoms with Crippen LogP contribution < -0.4 is 5.73 Å². The standard InChI is InChI=1S/C15H25N3O2S/c1-12-10-14(16)11-15(13(12)2)21(19,20)17(3)8-9-18-6-4-5-7-18/h10-11H,4-9,16H2,1-3H3.